The average molecular weight is 412 g/mol. The van der Waals surface area contributed by atoms with E-state index in [4.69, 9.17) is 9.47 Å². The molecule has 0 aliphatic heterocycles. The Morgan fingerprint density at radius 1 is 1.43 bits per heavy atom. The topological polar surface area (TPSA) is 55.8 Å². The summed E-state index contributed by atoms with van der Waals surface area (Å²) in [5.74, 6) is 0.758. The molecule has 21 heavy (non-hydrogen) atoms. The van der Waals surface area contributed by atoms with Gasteiger partial charge in [-0.1, -0.05) is 0 Å². The molecule has 0 radical (unpaired) electrons. The van der Waals surface area contributed by atoms with Crippen molar-refractivity contribution in [2.45, 2.75) is 48.3 Å². The fourth-order valence-corrected chi connectivity index (χ4v) is 4.37. The van der Waals surface area contributed by atoms with Crippen molar-refractivity contribution >= 4 is 28.6 Å². The van der Waals surface area contributed by atoms with Gasteiger partial charge in [0.1, 0.15) is 6.61 Å². The minimum Gasteiger partial charge on any atom is -0.460 e. The van der Waals surface area contributed by atoms with Gasteiger partial charge in [-0.3, -0.25) is 0 Å². The number of ether oxygens (including phenoxy) is 2. The van der Waals surface area contributed by atoms with Crippen LogP contribution in [0.25, 0.3) is 0 Å². The van der Waals surface area contributed by atoms with E-state index in [1.807, 2.05) is 0 Å². The molecule has 0 aromatic rings. The molecule has 3 aliphatic rings. The van der Waals surface area contributed by atoms with Gasteiger partial charge in [-0.05, 0) is 67.0 Å². The molecule has 3 rings (SSSR count). The summed E-state index contributed by atoms with van der Waals surface area (Å²) >= 11 is 1.40. The lowest BCUT2D eigenvalue weighted by atomic mass is 9.49. The first kappa shape index (κ1) is 15.9. The van der Waals surface area contributed by atoms with E-state index in [0.29, 0.717) is 13.0 Å². The fraction of sp³-hybridized carbons (Fsp3) is 0.933. The molecule has 0 amide bonds. The smallest absolute Gasteiger partial charge is 0.354 e. The second kappa shape index (κ2) is 5.30. The van der Waals surface area contributed by atoms with E-state index in [9.17, 15) is 14.3 Å². The molecule has 3 saturated carbocycles. The predicted molar refractivity (Wildman–Crippen MR) is 82.8 cm³/mol. The van der Waals surface area contributed by atoms with Crippen LogP contribution in [0.5, 0.6) is 0 Å². The summed E-state index contributed by atoms with van der Waals surface area (Å²) in [6.45, 7) is 1.92. The number of carbonyl (C=O) groups is 1. The van der Waals surface area contributed by atoms with E-state index < -0.39 is 15.2 Å². The van der Waals surface area contributed by atoms with Gasteiger partial charge in [-0.25, -0.2) is 9.18 Å². The third kappa shape index (κ3) is 2.72. The summed E-state index contributed by atoms with van der Waals surface area (Å²) in [4.78, 5) is 11.2. The largest absolute Gasteiger partial charge is 0.460 e. The van der Waals surface area contributed by atoms with Crippen LogP contribution in [-0.2, 0) is 14.3 Å². The van der Waals surface area contributed by atoms with Crippen molar-refractivity contribution in [2.75, 3.05) is 19.8 Å². The number of aliphatic hydroxyl groups is 1. The lowest BCUT2D eigenvalue weighted by Crippen LogP contribution is -2.50. The first-order valence-electron chi connectivity index (χ1n) is 7.64. The molecular formula is C15H22FIO4. The zero-order chi connectivity index (χ0) is 15.3. The van der Waals surface area contributed by atoms with Gasteiger partial charge >= 0.3 is 5.97 Å². The standard InChI is InChI=1S/C15H22FIO4/c1-13(16,17)12(18)21-7-6-20-5-4-15(19)9-14(15)8-10-2-3-11(10)14/h10-11,19H,2-9H2,1H3. The molecule has 120 valence electrons. The number of carbonyl (C=O) groups excluding carboxylic acids is 1. The fourth-order valence-electron chi connectivity index (χ4n) is 4.22. The minimum absolute atomic E-state index is 0.0512. The first-order valence-corrected chi connectivity index (χ1v) is 8.72. The van der Waals surface area contributed by atoms with E-state index in [2.05, 4.69) is 0 Å². The Bertz CT molecular complexity index is 438. The van der Waals surface area contributed by atoms with Gasteiger partial charge in [0.2, 0.25) is 0 Å². The van der Waals surface area contributed by atoms with E-state index in [1.165, 1.54) is 41.9 Å². The summed E-state index contributed by atoms with van der Waals surface area (Å²) in [5.41, 5.74) is -0.312. The molecule has 0 saturated heterocycles. The van der Waals surface area contributed by atoms with Gasteiger partial charge in [-0.2, -0.15) is 0 Å². The highest BCUT2D eigenvalue weighted by Crippen LogP contribution is 2.79. The molecule has 6 heteroatoms. The quantitative estimate of drug-likeness (QED) is 0.302. The zero-order valence-corrected chi connectivity index (χ0v) is 14.4. The monoisotopic (exact) mass is 412 g/mol. The number of hydrogen-bond donors (Lipinski definition) is 1. The van der Waals surface area contributed by atoms with Crippen LogP contribution in [0.1, 0.15) is 39.0 Å². The first-order chi connectivity index (χ1) is 9.79. The summed E-state index contributed by atoms with van der Waals surface area (Å²) < 4.78 is 21.3. The molecule has 0 aromatic heterocycles. The lowest BCUT2D eigenvalue weighted by Gasteiger charge is -2.55. The Morgan fingerprint density at radius 3 is 2.71 bits per heavy atom. The van der Waals surface area contributed by atoms with Crippen molar-refractivity contribution in [1.29, 1.82) is 0 Å². The van der Waals surface area contributed by atoms with Crippen LogP contribution in [0.15, 0.2) is 0 Å². The van der Waals surface area contributed by atoms with Crippen molar-refractivity contribution in [3.8, 4) is 0 Å². The van der Waals surface area contributed by atoms with Gasteiger partial charge < -0.3 is 14.6 Å². The van der Waals surface area contributed by atoms with Crippen molar-refractivity contribution in [3.05, 3.63) is 0 Å². The van der Waals surface area contributed by atoms with Crippen LogP contribution in [0.3, 0.4) is 0 Å². The molecule has 4 nitrogen and oxygen atoms in total. The van der Waals surface area contributed by atoms with E-state index >= 15 is 0 Å². The highest BCUT2D eigenvalue weighted by atomic mass is 127. The van der Waals surface area contributed by atoms with Gasteiger partial charge in [-0.15, -0.1) is 0 Å². The third-order valence-electron chi connectivity index (χ3n) is 5.64. The minimum atomic E-state index is -1.99. The SMILES string of the molecule is CC(F)(I)C(=O)OCCOCCC1(O)CC12CC1CCC12. The van der Waals surface area contributed by atoms with Crippen LogP contribution in [0.2, 0.25) is 0 Å². The number of fused-ring (bicyclic) bond motifs is 2. The zero-order valence-electron chi connectivity index (χ0n) is 12.2. The van der Waals surface area contributed by atoms with Crippen molar-refractivity contribution in [3.63, 3.8) is 0 Å². The van der Waals surface area contributed by atoms with Crippen molar-refractivity contribution < 1.29 is 23.8 Å². The maximum absolute atomic E-state index is 13.2. The molecule has 1 spiro atoms. The van der Waals surface area contributed by atoms with E-state index in [0.717, 1.165) is 25.2 Å². The number of hydrogen-bond acceptors (Lipinski definition) is 4. The average Bonchev–Trinajstić information content (AvgIpc) is 2.96. The molecule has 3 fully saturated rings. The number of esters is 1. The van der Waals surface area contributed by atoms with Crippen LogP contribution >= 0.6 is 22.6 Å². The van der Waals surface area contributed by atoms with Crippen LogP contribution in [0, 0.1) is 17.3 Å². The van der Waals surface area contributed by atoms with Gasteiger partial charge in [0.25, 0.3) is 3.68 Å². The summed E-state index contributed by atoms with van der Waals surface area (Å²) in [6, 6.07) is 0. The van der Waals surface area contributed by atoms with Crippen molar-refractivity contribution in [1.82, 2.24) is 0 Å². The maximum Gasteiger partial charge on any atom is 0.354 e. The summed E-state index contributed by atoms with van der Waals surface area (Å²) in [5, 5.41) is 10.6. The summed E-state index contributed by atoms with van der Waals surface area (Å²) in [6.07, 6.45) is 5.39. The van der Waals surface area contributed by atoms with Crippen LogP contribution in [-0.4, -0.2) is 40.2 Å². The molecule has 5 unspecified atom stereocenters. The van der Waals surface area contributed by atoms with E-state index in [-0.39, 0.29) is 18.6 Å². The third-order valence-corrected chi connectivity index (χ3v) is 6.08. The lowest BCUT2D eigenvalue weighted by molar-refractivity contribution is -0.151. The highest BCUT2D eigenvalue weighted by molar-refractivity contribution is 14.1. The molecule has 0 aromatic carbocycles. The Balaban J connectivity index is 1.27. The maximum atomic E-state index is 13.2. The van der Waals surface area contributed by atoms with Gasteiger partial charge in [0.05, 0.1) is 12.2 Å². The van der Waals surface area contributed by atoms with E-state index in [1.54, 1.807) is 0 Å². The molecular weight excluding hydrogens is 390 g/mol. The molecule has 0 heterocycles. The Morgan fingerprint density at radius 2 is 2.19 bits per heavy atom. The van der Waals surface area contributed by atoms with Crippen LogP contribution in [0.4, 0.5) is 4.39 Å². The number of halogens is 2. The molecule has 1 N–H and O–H groups in total. The van der Waals surface area contributed by atoms with Crippen LogP contribution < -0.4 is 0 Å². The molecule has 3 aliphatic carbocycles. The predicted octanol–water partition coefficient (Wildman–Crippen LogP) is 2.61. The molecule has 0 bridgehead atoms. The Kier molecular flexibility index (Phi) is 4.02. The second-order valence-corrected chi connectivity index (χ2v) is 8.93. The number of rotatable bonds is 7. The Hall–Kier alpha value is 0.0500. The second-order valence-electron chi connectivity index (χ2n) is 6.90. The van der Waals surface area contributed by atoms with Crippen molar-refractivity contribution in [2.24, 2.45) is 17.3 Å². The number of alkyl halides is 2. The Labute approximate surface area is 137 Å². The highest BCUT2D eigenvalue weighted by Gasteiger charge is 2.77. The van der Waals surface area contributed by atoms with Gasteiger partial charge in [0, 0.05) is 18.4 Å². The summed E-state index contributed by atoms with van der Waals surface area (Å²) in [7, 11) is 0. The molecule has 5 atom stereocenters. The van der Waals surface area contributed by atoms with Gasteiger partial charge in [0.15, 0.2) is 0 Å². The normalized spacial score (nSPS) is 42.5.